The van der Waals surface area contributed by atoms with E-state index in [0.717, 1.165) is 17.4 Å². The molecule has 1 N–H and O–H groups in total. The van der Waals surface area contributed by atoms with Crippen LogP contribution in [-0.4, -0.2) is 23.9 Å². The number of anilines is 1. The molecule has 1 amide bonds. The van der Waals surface area contributed by atoms with Crippen LogP contribution in [-0.2, 0) is 4.74 Å². The number of ether oxygens (including phenoxy) is 1. The molecule has 2 rings (SSSR count). The highest BCUT2D eigenvalue weighted by molar-refractivity contribution is 7.18. The van der Waals surface area contributed by atoms with Crippen LogP contribution in [0.15, 0.2) is 30.3 Å². The molecule has 0 bridgehead atoms. The summed E-state index contributed by atoms with van der Waals surface area (Å²) in [7, 11) is 1.27. The van der Waals surface area contributed by atoms with Gasteiger partial charge in [0.05, 0.1) is 17.6 Å². The number of nitrogens with one attached hydrogen (secondary N) is 1. The molecule has 0 fully saturated rings. The van der Waals surface area contributed by atoms with Gasteiger partial charge in [-0.15, -0.1) is 11.3 Å². The first-order valence-corrected chi connectivity index (χ1v) is 7.05. The highest BCUT2D eigenvalue weighted by Gasteiger charge is 2.21. The minimum Gasteiger partial charge on any atom is -0.465 e. The lowest BCUT2D eigenvalue weighted by atomic mass is 10.2. The summed E-state index contributed by atoms with van der Waals surface area (Å²) in [6.07, 6.45) is 0. The van der Waals surface area contributed by atoms with E-state index in [1.807, 2.05) is 0 Å². The molecule has 0 unspecified atom stereocenters. The maximum atomic E-state index is 12.0. The molecule has 0 aliphatic carbocycles. The molecule has 2 aromatic rings. The SMILES string of the molecule is COC(=O)c1ccc(NC(=O)c2cc([N+](=O)[O-])c(Cl)s2)cc1. The number of methoxy groups -OCH3 is 1. The first-order valence-electron chi connectivity index (χ1n) is 5.86. The average molecular weight is 341 g/mol. The fraction of sp³-hybridized carbons (Fsp3) is 0.0769. The first-order chi connectivity index (χ1) is 10.4. The molecular weight excluding hydrogens is 332 g/mol. The van der Waals surface area contributed by atoms with Crippen LogP contribution < -0.4 is 5.32 Å². The van der Waals surface area contributed by atoms with Crippen molar-refractivity contribution in [2.24, 2.45) is 0 Å². The van der Waals surface area contributed by atoms with Crippen LogP contribution in [0.25, 0.3) is 0 Å². The highest BCUT2D eigenvalue weighted by atomic mass is 35.5. The second kappa shape index (κ2) is 6.54. The van der Waals surface area contributed by atoms with Crippen molar-refractivity contribution in [2.45, 2.75) is 0 Å². The summed E-state index contributed by atoms with van der Waals surface area (Å²) >= 11 is 6.52. The maximum absolute atomic E-state index is 12.0. The van der Waals surface area contributed by atoms with E-state index in [9.17, 15) is 19.7 Å². The molecule has 1 aromatic heterocycles. The molecule has 0 saturated carbocycles. The molecule has 1 heterocycles. The molecule has 7 nitrogen and oxygen atoms in total. The van der Waals surface area contributed by atoms with E-state index >= 15 is 0 Å². The third-order valence-corrected chi connectivity index (χ3v) is 3.99. The lowest BCUT2D eigenvalue weighted by Crippen LogP contribution is -2.10. The Hall–Kier alpha value is -2.45. The van der Waals surface area contributed by atoms with Gasteiger partial charge in [-0.3, -0.25) is 14.9 Å². The Morgan fingerprint density at radius 1 is 1.32 bits per heavy atom. The van der Waals surface area contributed by atoms with Gasteiger partial charge in [-0.2, -0.15) is 0 Å². The second-order valence-electron chi connectivity index (χ2n) is 4.05. The minimum absolute atomic E-state index is 0.0591. The summed E-state index contributed by atoms with van der Waals surface area (Å²) in [5.74, 6) is -1.01. The Morgan fingerprint density at radius 3 is 2.45 bits per heavy atom. The van der Waals surface area contributed by atoms with Crippen LogP contribution >= 0.6 is 22.9 Å². The fourth-order valence-corrected chi connectivity index (χ4v) is 2.71. The Labute approximate surface area is 133 Å². The molecule has 0 atom stereocenters. The van der Waals surface area contributed by atoms with Crippen molar-refractivity contribution in [1.82, 2.24) is 0 Å². The number of thiophene rings is 1. The van der Waals surface area contributed by atoms with Crippen LogP contribution in [0.2, 0.25) is 4.34 Å². The van der Waals surface area contributed by atoms with Crippen LogP contribution in [0, 0.1) is 10.1 Å². The van der Waals surface area contributed by atoms with Gasteiger partial charge in [0.25, 0.3) is 11.6 Å². The third kappa shape index (κ3) is 3.41. The number of rotatable bonds is 4. The number of esters is 1. The number of benzene rings is 1. The Balaban J connectivity index is 2.13. The smallest absolute Gasteiger partial charge is 0.337 e. The van der Waals surface area contributed by atoms with Gasteiger partial charge in [0.15, 0.2) is 4.34 Å². The van der Waals surface area contributed by atoms with Crippen molar-refractivity contribution in [2.75, 3.05) is 12.4 Å². The summed E-state index contributed by atoms with van der Waals surface area (Å²) in [4.78, 5) is 33.5. The predicted octanol–water partition coefficient (Wildman–Crippen LogP) is 3.35. The number of carbonyl (C=O) groups excluding carboxylic acids is 2. The molecule has 0 spiro atoms. The standard InChI is InChI=1S/C13H9ClN2O5S/c1-21-13(18)7-2-4-8(5-3-7)15-12(17)10-6-9(16(19)20)11(14)22-10/h2-6H,1H3,(H,15,17). The molecular formula is C13H9ClN2O5S. The lowest BCUT2D eigenvalue weighted by molar-refractivity contribution is -0.384. The van der Waals surface area contributed by atoms with Crippen molar-refractivity contribution in [3.8, 4) is 0 Å². The number of nitro groups is 1. The first kappa shape index (κ1) is 15.9. The summed E-state index contributed by atoms with van der Waals surface area (Å²) in [6, 6.07) is 7.14. The summed E-state index contributed by atoms with van der Waals surface area (Å²) in [6.45, 7) is 0. The number of halogens is 1. The van der Waals surface area contributed by atoms with E-state index in [0.29, 0.717) is 11.3 Å². The lowest BCUT2D eigenvalue weighted by Gasteiger charge is -2.04. The van der Waals surface area contributed by atoms with E-state index in [1.54, 1.807) is 0 Å². The van der Waals surface area contributed by atoms with Crippen molar-refractivity contribution in [3.05, 3.63) is 55.2 Å². The van der Waals surface area contributed by atoms with E-state index in [4.69, 9.17) is 11.6 Å². The fourth-order valence-electron chi connectivity index (χ4n) is 1.60. The Kier molecular flexibility index (Phi) is 4.74. The number of nitrogens with zero attached hydrogens (tertiary/aromatic N) is 1. The normalized spacial score (nSPS) is 10.1. The molecule has 0 aliphatic rings. The van der Waals surface area contributed by atoms with Gasteiger partial charge >= 0.3 is 5.97 Å². The Bertz CT molecular complexity index is 741. The minimum atomic E-state index is -0.652. The number of hydrogen-bond acceptors (Lipinski definition) is 6. The zero-order chi connectivity index (χ0) is 16.3. The zero-order valence-corrected chi connectivity index (χ0v) is 12.7. The monoisotopic (exact) mass is 340 g/mol. The van der Waals surface area contributed by atoms with Crippen LogP contribution in [0.5, 0.6) is 0 Å². The van der Waals surface area contributed by atoms with Crippen molar-refractivity contribution in [1.29, 1.82) is 0 Å². The van der Waals surface area contributed by atoms with Crippen LogP contribution in [0.4, 0.5) is 11.4 Å². The van der Waals surface area contributed by atoms with E-state index in [1.165, 1.54) is 31.4 Å². The quantitative estimate of drug-likeness (QED) is 0.522. The average Bonchev–Trinajstić information content (AvgIpc) is 2.89. The number of amides is 1. The number of hydrogen-bond donors (Lipinski definition) is 1. The van der Waals surface area contributed by atoms with Crippen molar-refractivity contribution < 1.29 is 19.2 Å². The predicted molar refractivity (Wildman–Crippen MR) is 81.7 cm³/mol. The van der Waals surface area contributed by atoms with Gasteiger partial charge < -0.3 is 10.1 Å². The molecule has 9 heteroatoms. The largest absolute Gasteiger partial charge is 0.465 e. The van der Waals surface area contributed by atoms with Gasteiger partial charge in [-0.25, -0.2) is 4.79 Å². The van der Waals surface area contributed by atoms with Crippen LogP contribution in [0.3, 0.4) is 0 Å². The number of carbonyl (C=O) groups is 2. The van der Waals surface area contributed by atoms with Gasteiger partial charge in [0, 0.05) is 11.8 Å². The molecule has 114 valence electrons. The second-order valence-corrected chi connectivity index (χ2v) is 5.70. The maximum Gasteiger partial charge on any atom is 0.337 e. The zero-order valence-electron chi connectivity index (χ0n) is 11.2. The van der Waals surface area contributed by atoms with Gasteiger partial charge in [0.2, 0.25) is 0 Å². The molecule has 1 aromatic carbocycles. The molecule has 0 radical (unpaired) electrons. The van der Waals surface area contributed by atoms with Crippen molar-refractivity contribution >= 4 is 46.2 Å². The topological polar surface area (TPSA) is 98.5 Å². The van der Waals surface area contributed by atoms with Gasteiger partial charge in [-0.05, 0) is 24.3 Å². The summed E-state index contributed by atoms with van der Waals surface area (Å²) < 4.78 is 4.50. The van der Waals surface area contributed by atoms with E-state index in [2.05, 4.69) is 10.1 Å². The molecule has 0 aliphatic heterocycles. The van der Waals surface area contributed by atoms with Gasteiger partial charge in [0.1, 0.15) is 4.88 Å². The molecule has 22 heavy (non-hydrogen) atoms. The highest BCUT2D eigenvalue weighted by Crippen LogP contribution is 2.34. The van der Waals surface area contributed by atoms with Crippen molar-refractivity contribution in [3.63, 3.8) is 0 Å². The van der Waals surface area contributed by atoms with Crippen LogP contribution in [0.1, 0.15) is 20.0 Å². The van der Waals surface area contributed by atoms with E-state index < -0.39 is 16.8 Å². The molecule has 0 saturated heterocycles. The Morgan fingerprint density at radius 2 is 1.95 bits per heavy atom. The van der Waals surface area contributed by atoms with E-state index in [-0.39, 0.29) is 14.9 Å². The third-order valence-electron chi connectivity index (χ3n) is 2.65. The van der Waals surface area contributed by atoms with Gasteiger partial charge in [-0.1, -0.05) is 11.6 Å². The summed E-state index contributed by atoms with van der Waals surface area (Å²) in [5, 5.41) is 13.3. The summed E-state index contributed by atoms with van der Waals surface area (Å²) in [5.41, 5.74) is 0.470.